The van der Waals surface area contributed by atoms with E-state index in [2.05, 4.69) is 46.6 Å². The molecule has 1 atom stereocenters. The number of benzene rings is 1. The first-order valence-corrected chi connectivity index (χ1v) is 10.6. The van der Waals surface area contributed by atoms with E-state index in [1.54, 1.807) is 0 Å². The monoisotopic (exact) mass is 398 g/mol. The summed E-state index contributed by atoms with van der Waals surface area (Å²) in [5.74, 6) is 1.90. The number of nitrogens with zero attached hydrogens (tertiary/aromatic N) is 1. The molecule has 29 heavy (non-hydrogen) atoms. The molecular weight excluding hydrogens is 368 g/mol. The normalized spacial score (nSPS) is 22.6. The first-order chi connectivity index (χ1) is 14.2. The predicted octanol–water partition coefficient (Wildman–Crippen LogP) is 2.66. The van der Waals surface area contributed by atoms with Crippen molar-refractivity contribution in [1.82, 2.24) is 10.2 Å². The number of piperidine rings is 1. The topological polar surface area (TPSA) is 71.0 Å². The van der Waals surface area contributed by atoms with E-state index in [-0.39, 0.29) is 24.5 Å². The van der Waals surface area contributed by atoms with Crippen molar-refractivity contribution in [2.75, 3.05) is 32.8 Å². The molecule has 0 saturated carbocycles. The van der Waals surface area contributed by atoms with Gasteiger partial charge in [-0.2, -0.15) is 0 Å². The molecule has 2 saturated heterocycles. The number of hydrogen-bond donors (Lipinski definition) is 2. The third-order valence-electron chi connectivity index (χ3n) is 5.86. The molecule has 4 rings (SSSR count). The average molecular weight is 399 g/mol. The zero-order valence-corrected chi connectivity index (χ0v) is 16.8. The van der Waals surface area contributed by atoms with Gasteiger partial charge in [-0.15, -0.1) is 0 Å². The van der Waals surface area contributed by atoms with E-state index in [0.717, 1.165) is 62.4 Å². The van der Waals surface area contributed by atoms with Gasteiger partial charge in [0.25, 0.3) is 0 Å². The number of nitrogens with one attached hydrogen (secondary N) is 1. The van der Waals surface area contributed by atoms with Gasteiger partial charge in [-0.05, 0) is 62.1 Å². The highest BCUT2D eigenvalue weighted by Crippen LogP contribution is 2.33. The molecule has 1 unspecified atom stereocenters. The molecule has 2 aliphatic heterocycles. The molecule has 2 fully saturated rings. The third kappa shape index (κ3) is 5.00. The molecule has 6 heteroatoms. The SMILES string of the molecule is O=C(NCCO)C1CCN(Cc2ccc(C3COC4=CCCC=C4O3)cc2)CC1. The Kier molecular flexibility index (Phi) is 6.52. The van der Waals surface area contributed by atoms with E-state index in [1.165, 1.54) is 5.56 Å². The lowest BCUT2D eigenvalue weighted by atomic mass is 9.95. The van der Waals surface area contributed by atoms with Crippen molar-refractivity contribution in [3.63, 3.8) is 0 Å². The summed E-state index contributed by atoms with van der Waals surface area (Å²) in [6, 6.07) is 8.60. The van der Waals surface area contributed by atoms with Gasteiger partial charge in [-0.1, -0.05) is 24.3 Å². The maximum Gasteiger partial charge on any atom is 0.223 e. The van der Waals surface area contributed by atoms with E-state index in [1.807, 2.05) is 0 Å². The van der Waals surface area contributed by atoms with Crippen LogP contribution in [0.5, 0.6) is 0 Å². The van der Waals surface area contributed by atoms with E-state index in [4.69, 9.17) is 14.6 Å². The van der Waals surface area contributed by atoms with Crippen LogP contribution in [0.2, 0.25) is 0 Å². The number of hydrogen-bond acceptors (Lipinski definition) is 5. The average Bonchev–Trinajstić information content (AvgIpc) is 2.78. The number of likely N-dealkylation sites (tertiary alicyclic amines) is 1. The van der Waals surface area contributed by atoms with Crippen molar-refractivity contribution in [2.45, 2.75) is 38.3 Å². The fraction of sp³-hybridized carbons (Fsp3) is 0.522. The van der Waals surface area contributed by atoms with Crippen LogP contribution in [0.25, 0.3) is 0 Å². The minimum absolute atomic E-state index is 0.00589. The second kappa shape index (κ2) is 9.46. The Morgan fingerprint density at radius 3 is 2.55 bits per heavy atom. The fourth-order valence-corrected chi connectivity index (χ4v) is 4.16. The summed E-state index contributed by atoms with van der Waals surface area (Å²) in [5, 5.41) is 11.6. The van der Waals surface area contributed by atoms with Gasteiger partial charge in [0.15, 0.2) is 17.6 Å². The molecule has 0 radical (unpaired) electrons. The van der Waals surface area contributed by atoms with Crippen molar-refractivity contribution in [3.8, 4) is 0 Å². The van der Waals surface area contributed by atoms with Gasteiger partial charge in [0.2, 0.25) is 5.91 Å². The van der Waals surface area contributed by atoms with Gasteiger partial charge in [0.1, 0.15) is 6.61 Å². The molecule has 3 aliphatic rings. The Balaban J connectivity index is 1.27. The van der Waals surface area contributed by atoms with E-state index < -0.39 is 0 Å². The van der Waals surface area contributed by atoms with E-state index in [0.29, 0.717) is 13.2 Å². The van der Waals surface area contributed by atoms with Crippen LogP contribution in [-0.4, -0.2) is 48.8 Å². The van der Waals surface area contributed by atoms with Crippen LogP contribution in [0.4, 0.5) is 0 Å². The maximum atomic E-state index is 12.0. The number of amides is 1. The van der Waals surface area contributed by atoms with Gasteiger partial charge in [-0.25, -0.2) is 0 Å². The van der Waals surface area contributed by atoms with Crippen LogP contribution < -0.4 is 5.32 Å². The lowest BCUT2D eigenvalue weighted by Crippen LogP contribution is -2.40. The summed E-state index contributed by atoms with van der Waals surface area (Å²) in [7, 11) is 0. The minimum atomic E-state index is -0.0567. The smallest absolute Gasteiger partial charge is 0.223 e. The summed E-state index contributed by atoms with van der Waals surface area (Å²) >= 11 is 0. The number of rotatable bonds is 6. The molecule has 1 aliphatic carbocycles. The summed E-state index contributed by atoms with van der Waals surface area (Å²) < 4.78 is 12.0. The molecule has 6 nitrogen and oxygen atoms in total. The maximum absolute atomic E-state index is 12.0. The second-order valence-electron chi connectivity index (χ2n) is 7.94. The summed E-state index contributed by atoms with van der Waals surface area (Å²) in [5.41, 5.74) is 2.41. The number of fused-ring (bicyclic) bond motifs is 1. The Morgan fingerprint density at radius 1 is 1.10 bits per heavy atom. The van der Waals surface area contributed by atoms with Gasteiger partial charge in [0.05, 0.1) is 6.61 Å². The van der Waals surface area contributed by atoms with Crippen LogP contribution in [0, 0.1) is 5.92 Å². The van der Waals surface area contributed by atoms with Crippen molar-refractivity contribution < 1.29 is 19.4 Å². The molecule has 1 aromatic rings. The number of aliphatic hydroxyl groups is 1. The van der Waals surface area contributed by atoms with Crippen molar-refractivity contribution in [1.29, 1.82) is 0 Å². The molecule has 1 aromatic carbocycles. The molecule has 0 aromatic heterocycles. The quantitative estimate of drug-likeness (QED) is 0.771. The third-order valence-corrected chi connectivity index (χ3v) is 5.86. The Bertz CT molecular complexity index is 764. The summed E-state index contributed by atoms with van der Waals surface area (Å²) in [6.45, 7) is 3.62. The van der Waals surface area contributed by atoms with Crippen LogP contribution >= 0.6 is 0 Å². The molecule has 2 N–H and O–H groups in total. The number of carbonyl (C=O) groups is 1. The number of aliphatic hydroxyl groups excluding tert-OH is 1. The second-order valence-corrected chi connectivity index (χ2v) is 7.94. The van der Waals surface area contributed by atoms with E-state index in [9.17, 15) is 4.79 Å². The van der Waals surface area contributed by atoms with Gasteiger partial charge < -0.3 is 19.9 Å². The number of allylic oxidation sites excluding steroid dienone is 2. The highest BCUT2D eigenvalue weighted by atomic mass is 16.6. The largest absolute Gasteiger partial charge is 0.486 e. The zero-order valence-electron chi connectivity index (χ0n) is 16.8. The molecule has 1 amide bonds. The fourth-order valence-electron chi connectivity index (χ4n) is 4.16. The van der Waals surface area contributed by atoms with E-state index >= 15 is 0 Å². The van der Waals surface area contributed by atoms with Crippen molar-refractivity contribution >= 4 is 5.91 Å². The van der Waals surface area contributed by atoms with Crippen molar-refractivity contribution in [2.24, 2.45) is 5.92 Å². The Hall–Kier alpha value is -2.31. The predicted molar refractivity (Wildman–Crippen MR) is 110 cm³/mol. The number of carbonyl (C=O) groups excluding carboxylic acids is 1. The lowest BCUT2D eigenvalue weighted by molar-refractivity contribution is -0.126. The van der Waals surface area contributed by atoms with Crippen molar-refractivity contribution in [3.05, 3.63) is 59.1 Å². The Morgan fingerprint density at radius 2 is 1.83 bits per heavy atom. The summed E-state index contributed by atoms with van der Waals surface area (Å²) in [6.07, 6.45) is 7.93. The minimum Gasteiger partial charge on any atom is -0.486 e. The standard InChI is InChI=1S/C23H30N2O4/c26-14-11-24-23(27)19-9-12-25(13-10-19)15-17-5-7-18(8-6-17)22-16-28-20-3-1-2-4-21(20)29-22/h3-8,19,22,26H,1-2,9-16H2,(H,24,27). The number of ether oxygens (including phenoxy) is 2. The summed E-state index contributed by atoms with van der Waals surface area (Å²) in [4.78, 5) is 14.4. The molecular formula is C23H30N2O4. The highest BCUT2D eigenvalue weighted by molar-refractivity contribution is 5.78. The molecule has 0 spiro atoms. The highest BCUT2D eigenvalue weighted by Gasteiger charge is 2.27. The van der Waals surface area contributed by atoms with Gasteiger partial charge in [0, 0.05) is 19.0 Å². The first-order valence-electron chi connectivity index (χ1n) is 10.6. The molecule has 156 valence electrons. The Labute approximate surface area is 172 Å². The van der Waals surface area contributed by atoms with Crippen LogP contribution in [-0.2, 0) is 20.8 Å². The first kappa shape index (κ1) is 20.0. The van der Waals surface area contributed by atoms with Gasteiger partial charge >= 0.3 is 0 Å². The molecule has 2 heterocycles. The van der Waals surface area contributed by atoms with Crippen LogP contribution in [0.1, 0.15) is 42.9 Å². The van der Waals surface area contributed by atoms with Gasteiger partial charge in [-0.3, -0.25) is 9.69 Å². The molecule has 0 bridgehead atoms. The zero-order chi connectivity index (χ0) is 20.1. The van der Waals surface area contributed by atoms with Crippen LogP contribution in [0.15, 0.2) is 47.9 Å². The lowest BCUT2D eigenvalue weighted by Gasteiger charge is -2.32. The van der Waals surface area contributed by atoms with Crippen LogP contribution in [0.3, 0.4) is 0 Å².